The monoisotopic (exact) mass is 448 g/mol. The average Bonchev–Trinajstić information content (AvgIpc) is 2.95. The van der Waals surface area contributed by atoms with Gasteiger partial charge in [0.15, 0.2) is 0 Å². The average molecular weight is 449 g/mol. The summed E-state index contributed by atoms with van der Waals surface area (Å²) in [5, 5.41) is 0.528. The van der Waals surface area contributed by atoms with Gasteiger partial charge in [-0.15, -0.1) is 0 Å². The first-order valence-electron chi connectivity index (χ1n) is 9.34. The Morgan fingerprint density at radius 2 is 1.50 bits per heavy atom. The molecule has 158 valence electrons. The quantitative estimate of drug-likeness (QED) is 0.559. The van der Waals surface area contributed by atoms with Gasteiger partial charge in [0, 0.05) is 17.2 Å². The minimum absolute atomic E-state index is 0.178. The van der Waals surface area contributed by atoms with Crippen molar-refractivity contribution in [2.24, 2.45) is 0 Å². The van der Waals surface area contributed by atoms with Gasteiger partial charge >= 0.3 is 0 Å². The van der Waals surface area contributed by atoms with Crippen LogP contribution >= 0.6 is 11.6 Å². The highest BCUT2D eigenvalue weighted by atomic mass is 35.5. The normalized spacial score (nSPS) is 16.3. The van der Waals surface area contributed by atoms with Crippen molar-refractivity contribution in [2.75, 3.05) is 4.90 Å². The van der Waals surface area contributed by atoms with Crippen molar-refractivity contribution >= 4 is 44.9 Å². The number of nitrogens with zero attached hydrogens (tertiary/aromatic N) is 1. The van der Waals surface area contributed by atoms with Crippen molar-refractivity contribution in [3.05, 3.63) is 64.2 Å². The van der Waals surface area contributed by atoms with Crippen LogP contribution in [-0.2, 0) is 19.7 Å². The molecule has 0 saturated carbocycles. The molecular weight excluding hydrogens is 428 g/mol. The number of aryl methyl sites for hydroxylation is 1. The van der Waals surface area contributed by atoms with E-state index in [1.807, 2.05) is 6.92 Å². The minimum atomic E-state index is -4.27. The van der Waals surface area contributed by atoms with Crippen LogP contribution < -0.4 is 10.6 Å². The number of imide groups is 1. The van der Waals surface area contributed by atoms with E-state index in [4.69, 9.17) is 11.6 Å². The zero-order chi connectivity index (χ0) is 22.1. The maximum Gasteiger partial charge on any atom is 0.261 e. The molecule has 0 spiro atoms. The van der Waals surface area contributed by atoms with E-state index in [2.05, 4.69) is 5.73 Å². The van der Waals surface area contributed by atoms with E-state index in [9.17, 15) is 22.6 Å². The van der Waals surface area contributed by atoms with Crippen LogP contribution in [-0.4, -0.2) is 24.8 Å². The fourth-order valence-electron chi connectivity index (χ4n) is 3.38. The standard InChI is InChI=1S/C14H13ClN2O2.C7H8O3S/c15-11-6-5-8(7-12(11)16)17-13(18)9-3-1-2-4-10(9)14(17)19;1-6-2-4-7(5-3-6)11(8,9)10/h5-7H,1-4,16H2;2-5H,1H3,(H,8,9,10). The van der Waals surface area contributed by atoms with E-state index >= 15 is 0 Å². The molecule has 1 heterocycles. The molecule has 0 radical (unpaired) electrons. The molecule has 1 aliphatic carbocycles. The highest BCUT2D eigenvalue weighted by Crippen LogP contribution is 2.36. The Morgan fingerprint density at radius 1 is 0.967 bits per heavy atom. The highest BCUT2D eigenvalue weighted by molar-refractivity contribution is 7.85. The Bertz CT molecular complexity index is 1110. The summed E-state index contributed by atoms with van der Waals surface area (Å²) in [6.45, 7) is 1.82. The molecule has 4 rings (SSSR count). The summed E-state index contributed by atoms with van der Waals surface area (Å²) in [5.41, 5.74) is 7.28. The van der Waals surface area contributed by atoms with Crippen LogP contribution in [0.15, 0.2) is 58.5 Å². The number of benzene rings is 2. The van der Waals surface area contributed by atoms with Gasteiger partial charge in [0.1, 0.15) is 20.8 Å². The van der Waals surface area contributed by atoms with E-state index < -0.39 is 10.1 Å². The third-order valence-corrected chi connectivity index (χ3v) is 6.21. The van der Waals surface area contributed by atoms with Crippen LogP contribution in [0.3, 0.4) is 0 Å². The summed E-state index contributed by atoms with van der Waals surface area (Å²) < 4.78 is 31.2. The summed E-state index contributed by atoms with van der Waals surface area (Å²) in [4.78, 5) is 25.8. The first kappa shape index (κ1) is 22.2. The molecule has 2 aromatic rings. The molecule has 0 fully saturated rings. The second kappa shape index (κ2) is 8.69. The zero-order valence-corrected chi connectivity index (χ0v) is 17.9. The Hall–Kier alpha value is -2.52. The molecule has 1 aliphatic heterocycles. The Kier molecular flexibility index (Phi) is 6.42. The summed E-state index contributed by atoms with van der Waals surface area (Å²) in [6.07, 6.45) is 3.38. The predicted molar refractivity (Wildman–Crippen MR) is 111 cm³/mol. The molecule has 9 heteroatoms. The number of carbonyl (C=O) groups is 2. The predicted octanol–water partition coefficient (Wildman–Crippen LogP) is 2.86. The van der Waals surface area contributed by atoms with Gasteiger partial charge in [-0.1, -0.05) is 29.3 Å². The lowest BCUT2D eigenvalue weighted by Gasteiger charge is -2.15. The van der Waals surface area contributed by atoms with Crippen molar-refractivity contribution in [1.82, 2.24) is 0 Å². The second-order valence-corrected chi connectivity index (χ2v) is 8.94. The molecule has 0 saturated heterocycles. The van der Waals surface area contributed by atoms with Gasteiger partial charge < -0.3 is 10.3 Å². The van der Waals surface area contributed by atoms with Gasteiger partial charge in [0.25, 0.3) is 11.8 Å². The zero-order valence-electron chi connectivity index (χ0n) is 16.4. The number of carbonyl (C=O) groups excluding carboxylic acids is 2. The number of hydrogen-bond donors (Lipinski definition) is 1. The van der Waals surface area contributed by atoms with Gasteiger partial charge in [-0.05, 0) is 56.9 Å². The van der Waals surface area contributed by atoms with Gasteiger partial charge in [-0.2, -0.15) is 0 Å². The molecule has 7 nitrogen and oxygen atoms in total. The maximum atomic E-state index is 12.3. The van der Waals surface area contributed by atoms with Crippen LogP contribution in [0.2, 0.25) is 5.02 Å². The lowest BCUT2D eigenvalue weighted by atomic mass is 9.93. The van der Waals surface area contributed by atoms with Crippen molar-refractivity contribution < 1.29 is 28.3 Å². The van der Waals surface area contributed by atoms with Crippen molar-refractivity contribution in [2.45, 2.75) is 37.5 Å². The Labute approximate surface area is 179 Å². The molecule has 2 aliphatic rings. The van der Waals surface area contributed by atoms with Gasteiger partial charge in [-0.25, -0.2) is 13.3 Å². The molecule has 0 bridgehead atoms. The molecule has 0 atom stereocenters. The molecule has 0 unspecified atom stereocenters. The number of amides is 2. The maximum absolute atomic E-state index is 12.3. The summed E-state index contributed by atoms with van der Waals surface area (Å²) >= 11 is 5.92. The van der Waals surface area contributed by atoms with Crippen LogP contribution in [0.4, 0.5) is 11.4 Å². The van der Waals surface area contributed by atoms with Gasteiger partial charge in [-0.3, -0.25) is 9.59 Å². The minimum Gasteiger partial charge on any atom is -0.744 e. The van der Waals surface area contributed by atoms with Crippen LogP contribution in [0.5, 0.6) is 0 Å². The number of anilines is 1. The topological polar surface area (TPSA) is 122 Å². The second-order valence-electron chi connectivity index (χ2n) is 7.15. The molecule has 2 aromatic carbocycles. The van der Waals surface area contributed by atoms with E-state index in [-0.39, 0.29) is 16.7 Å². The van der Waals surface area contributed by atoms with Crippen molar-refractivity contribution in [1.29, 1.82) is 0 Å². The van der Waals surface area contributed by atoms with E-state index in [0.29, 0.717) is 40.4 Å². The molecule has 0 aromatic heterocycles. The molecule has 3 N–H and O–H groups in total. The van der Waals surface area contributed by atoms with E-state index in [1.165, 1.54) is 17.0 Å². The number of rotatable bonds is 2. The molecule has 2 amide bonds. The third-order valence-electron chi connectivity index (χ3n) is 4.99. The molecule has 30 heavy (non-hydrogen) atoms. The van der Waals surface area contributed by atoms with Gasteiger partial charge in [0.2, 0.25) is 0 Å². The van der Waals surface area contributed by atoms with Crippen LogP contribution in [0.1, 0.15) is 31.2 Å². The first-order chi connectivity index (χ1) is 14.1. The lowest BCUT2D eigenvalue weighted by Crippen LogP contribution is -2.41. The Balaban J connectivity index is 0.000000199. The lowest BCUT2D eigenvalue weighted by molar-refractivity contribution is -0.254. The SMILES string of the molecule is Cc1ccc(S(=O)(=O)[O-])cc1.[NH3+]c1cc(N2C(=O)C3=C(CCCC3)C2=O)ccc1Cl. The Morgan fingerprint density at radius 3 is 1.97 bits per heavy atom. The fraction of sp³-hybridized carbons (Fsp3) is 0.238. The van der Waals surface area contributed by atoms with E-state index in [1.54, 1.807) is 30.3 Å². The van der Waals surface area contributed by atoms with Crippen molar-refractivity contribution in [3.63, 3.8) is 0 Å². The fourth-order valence-corrected chi connectivity index (χ4v) is 3.97. The van der Waals surface area contributed by atoms with Crippen LogP contribution in [0, 0.1) is 6.92 Å². The largest absolute Gasteiger partial charge is 0.744 e. The summed E-state index contributed by atoms with van der Waals surface area (Å²) in [6, 6.07) is 10.8. The van der Waals surface area contributed by atoms with Crippen LogP contribution in [0.25, 0.3) is 0 Å². The smallest absolute Gasteiger partial charge is 0.261 e. The number of halogens is 1. The summed E-state index contributed by atoms with van der Waals surface area (Å²) in [5.74, 6) is -0.358. The summed E-state index contributed by atoms with van der Waals surface area (Å²) in [7, 11) is -4.27. The molecular formula is C21H21ClN2O5S. The number of quaternary nitrogens is 1. The van der Waals surface area contributed by atoms with Crippen molar-refractivity contribution in [3.8, 4) is 0 Å². The third kappa shape index (κ3) is 4.62. The highest BCUT2D eigenvalue weighted by Gasteiger charge is 2.39. The van der Waals surface area contributed by atoms with E-state index in [0.717, 1.165) is 18.4 Å². The number of hydrogen-bond acceptors (Lipinski definition) is 5. The first-order valence-corrected chi connectivity index (χ1v) is 11.1. The van der Waals surface area contributed by atoms with Gasteiger partial charge in [0.05, 0.1) is 10.6 Å².